The molecule has 1 aliphatic rings. The maximum Gasteiger partial charge on any atom is 0.471 e. The van der Waals surface area contributed by atoms with Crippen molar-refractivity contribution in [2.45, 2.75) is 32.4 Å². The molecule has 128 valence electrons. The Hall–Kier alpha value is -2.06. The predicted molar refractivity (Wildman–Crippen MR) is 73.3 cm³/mol. The van der Waals surface area contributed by atoms with Crippen LogP contribution >= 0.6 is 0 Å². The third-order valence-electron chi connectivity index (χ3n) is 3.75. The van der Waals surface area contributed by atoms with Crippen molar-refractivity contribution in [3.05, 3.63) is 17.5 Å². The van der Waals surface area contributed by atoms with Crippen LogP contribution in [-0.2, 0) is 16.0 Å². The lowest BCUT2D eigenvalue weighted by Crippen LogP contribution is -2.47. The zero-order valence-corrected chi connectivity index (χ0v) is 12.7. The summed E-state index contributed by atoms with van der Waals surface area (Å²) < 4.78 is 41.9. The van der Waals surface area contributed by atoms with Gasteiger partial charge in [-0.3, -0.25) is 9.59 Å². The molecule has 1 saturated heterocycles. The SMILES string of the molecule is Cc1cc(CCNC(=O)C2CCN(C(=O)C(F)(F)F)CC2)no1. The lowest BCUT2D eigenvalue weighted by molar-refractivity contribution is -0.186. The zero-order chi connectivity index (χ0) is 17.0. The zero-order valence-electron chi connectivity index (χ0n) is 12.7. The summed E-state index contributed by atoms with van der Waals surface area (Å²) in [7, 11) is 0. The van der Waals surface area contributed by atoms with Crippen molar-refractivity contribution in [3.63, 3.8) is 0 Å². The van der Waals surface area contributed by atoms with Crippen molar-refractivity contribution in [1.29, 1.82) is 0 Å². The van der Waals surface area contributed by atoms with E-state index in [1.165, 1.54) is 0 Å². The molecule has 0 unspecified atom stereocenters. The highest BCUT2D eigenvalue weighted by Crippen LogP contribution is 2.23. The summed E-state index contributed by atoms with van der Waals surface area (Å²) in [5.74, 6) is -1.72. The lowest BCUT2D eigenvalue weighted by Gasteiger charge is -2.31. The normalized spacial score (nSPS) is 16.4. The van der Waals surface area contributed by atoms with Gasteiger partial charge in [-0.15, -0.1) is 0 Å². The molecule has 1 N–H and O–H groups in total. The van der Waals surface area contributed by atoms with Crippen LogP contribution in [0.3, 0.4) is 0 Å². The molecule has 23 heavy (non-hydrogen) atoms. The Bertz CT molecular complexity index is 563. The summed E-state index contributed by atoms with van der Waals surface area (Å²) in [5.41, 5.74) is 0.730. The van der Waals surface area contributed by atoms with Crippen molar-refractivity contribution in [2.75, 3.05) is 19.6 Å². The molecule has 1 fully saturated rings. The molecule has 0 aliphatic carbocycles. The number of halogens is 3. The van der Waals surface area contributed by atoms with Crippen molar-refractivity contribution in [2.24, 2.45) is 5.92 Å². The number of nitrogens with one attached hydrogen (secondary N) is 1. The Labute approximate surface area is 131 Å². The van der Waals surface area contributed by atoms with Gasteiger partial charge in [0.1, 0.15) is 5.76 Å². The van der Waals surface area contributed by atoms with E-state index in [0.717, 1.165) is 10.6 Å². The van der Waals surface area contributed by atoms with Gasteiger partial charge in [0.15, 0.2) is 0 Å². The van der Waals surface area contributed by atoms with E-state index in [1.807, 2.05) is 0 Å². The summed E-state index contributed by atoms with van der Waals surface area (Å²) in [5, 5.41) is 6.54. The minimum Gasteiger partial charge on any atom is -0.361 e. The van der Waals surface area contributed by atoms with Crippen LogP contribution < -0.4 is 5.32 Å². The summed E-state index contributed by atoms with van der Waals surface area (Å²) in [6.45, 7) is 2.04. The van der Waals surface area contributed by atoms with E-state index >= 15 is 0 Å². The van der Waals surface area contributed by atoms with Crippen LogP contribution in [0.15, 0.2) is 10.6 Å². The van der Waals surface area contributed by atoms with Crippen molar-refractivity contribution >= 4 is 11.8 Å². The molecule has 2 rings (SSSR count). The van der Waals surface area contributed by atoms with E-state index in [4.69, 9.17) is 4.52 Å². The molecule has 9 heteroatoms. The number of amides is 2. The number of rotatable bonds is 4. The number of carbonyl (C=O) groups is 2. The van der Waals surface area contributed by atoms with Gasteiger partial charge in [-0.05, 0) is 19.8 Å². The highest BCUT2D eigenvalue weighted by Gasteiger charge is 2.43. The number of hydrogen-bond donors (Lipinski definition) is 1. The first kappa shape index (κ1) is 17.3. The summed E-state index contributed by atoms with van der Waals surface area (Å²) in [6, 6.07) is 1.77. The fourth-order valence-electron chi connectivity index (χ4n) is 2.52. The van der Waals surface area contributed by atoms with Crippen LogP contribution in [0.5, 0.6) is 0 Å². The first-order chi connectivity index (χ1) is 10.8. The molecule has 0 saturated carbocycles. The third-order valence-corrected chi connectivity index (χ3v) is 3.75. The fraction of sp³-hybridized carbons (Fsp3) is 0.643. The summed E-state index contributed by atoms with van der Waals surface area (Å²) in [6.07, 6.45) is -3.87. The third kappa shape index (κ3) is 4.70. The molecule has 1 aromatic rings. The van der Waals surface area contributed by atoms with E-state index in [-0.39, 0.29) is 37.8 Å². The van der Waals surface area contributed by atoms with Crippen LogP contribution in [0.25, 0.3) is 0 Å². The summed E-state index contributed by atoms with van der Waals surface area (Å²) in [4.78, 5) is 23.8. The van der Waals surface area contributed by atoms with Gasteiger partial charge in [0.05, 0.1) is 5.69 Å². The number of likely N-dealkylation sites (tertiary alicyclic amines) is 1. The number of alkyl halides is 3. The Balaban J connectivity index is 1.72. The first-order valence-corrected chi connectivity index (χ1v) is 7.33. The molecule has 0 atom stereocenters. The van der Waals surface area contributed by atoms with E-state index in [1.54, 1.807) is 13.0 Å². The number of carbonyl (C=O) groups excluding carboxylic acids is 2. The maximum absolute atomic E-state index is 12.3. The number of aryl methyl sites for hydroxylation is 1. The molecule has 2 heterocycles. The van der Waals surface area contributed by atoms with E-state index in [9.17, 15) is 22.8 Å². The van der Waals surface area contributed by atoms with E-state index in [0.29, 0.717) is 18.7 Å². The predicted octanol–water partition coefficient (Wildman–Crippen LogP) is 1.44. The quantitative estimate of drug-likeness (QED) is 0.905. The Morgan fingerprint density at radius 2 is 2.04 bits per heavy atom. The monoisotopic (exact) mass is 333 g/mol. The molecule has 1 aromatic heterocycles. The minimum atomic E-state index is -4.86. The van der Waals surface area contributed by atoms with Gasteiger partial charge in [-0.25, -0.2) is 0 Å². The van der Waals surface area contributed by atoms with Crippen LogP contribution in [0.1, 0.15) is 24.3 Å². The Kier molecular flexibility index (Phi) is 5.27. The fourth-order valence-corrected chi connectivity index (χ4v) is 2.52. The standard InChI is InChI=1S/C14H18F3N3O3/c1-9-8-11(19-23-9)2-5-18-12(21)10-3-6-20(7-4-10)13(22)14(15,16)17/h8,10H,2-7H2,1H3,(H,18,21). The van der Waals surface area contributed by atoms with E-state index in [2.05, 4.69) is 10.5 Å². The molecular formula is C14H18F3N3O3. The topological polar surface area (TPSA) is 75.4 Å². The van der Waals surface area contributed by atoms with Crippen LogP contribution in [0.2, 0.25) is 0 Å². The number of aromatic nitrogens is 1. The van der Waals surface area contributed by atoms with Gasteiger partial charge in [0.2, 0.25) is 5.91 Å². The Morgan fingerprint density at radius 3 is 2.57 bits per heavy atom. The molecule has 0 radical (unpaired) electrons. The largest absolute Gasteiger partial charge is 0.471 e. The van der Waals surface area contributed by atoms with Crippen molar-refractivity contribution < 1.29 is 27.3 Å². The lowest BCUT2D eigenvalue weighted by atomic mass is 9.96. The van der Waals surface area contributed by atoms with Crippen molar-refractivity contribution in [3.8, 4) is 0 Å². The minimum absolute atomic E-state index is 0.0566. The highest BCUT2D eigenvalue weighted by atomic mass is 19.4. The smallest absolute Gasteiger partial charge is 0.361 e. The molecule has 0 aromatic carbocycles. The molecule has 0 bridgehead atoms. The van der Waals surface area contributed by atoms with Gasteiger partial charge in [-0.1, -0.05) is 5.16 Å². The van der Waals surface area contributed by atoms with Crippen molar-refractivity contribution in [1.82, 2.24) is 15.4 Å². The second-order valence-corrected chi connectivity index (χ2v) is 5.53. The average Bonchev–Trinajstić information content (AvgIpc) is 2.91. The van der Waals surface area contributed by atoms with Gasteiger partial charge in [0, 0.05) is 38.0 Å². The maximum atomic E-state index is 12.3. The van der Waals surface area contributed by atoms with Gasteiger partial charge < -0.3 is 14.7 Å². The molecule has 1 aliphatic heterocycles. The number of hydrogen-bond acceptors (Lipinski definition) is 4. The molecule has 0 spiro atoms. The number of piperidine rings is 1. The average molecular weight is 333 g/mol. The van der Waals surface area contributed by atoms with Crippen LogP contribution in [0, 0.1) is 12.8 Å². The first-order valence-electron chi connectivity index (χ1n) is 7.33. The molecular weight excluding hydrogens is 315 g/mol. The molecule has 6 nitrogen and oxygen atoms in total. The van der Waals surface area contributed by atoms with Crippen LogP contribution in [-0.4, -0.2) is 47.7 Å². The second-order valence-electron chi connectivity index (χ2n) is 5.53. The second kappa shape index (κ2) is 7.01. The van der Waals surface area contributed by atoms with Gasteiger partial charge in [0.25, 0.3) is 0 Å². The van der Waals surface area contributed by atoms with Gasteiger partial charge in [-0.2, -0.15) is 13.2 Å². The molecule has 2 amide bonds. The van der Waals surface area contributed by atoms with Crippen LogP contribution in [0.4, 0.5) is 13.2 Å². The number of nitrogens with zero attached hydrogens (tertiary/aromatic N) is 2. The van der Waals surface area contributed by atoms with Gasteiger partial charge >= 0.3 is 12.1 Å². The Morgan fingerprint density at radius 1 is 1.39 bits per heavy atom. The van der Waals surface area contributed by atoms with E-state index < -0.39 is 12.1 Å². The highest BCUT2D eigenvalue weighted by molar-refractivity contribution is 5.83. The summed E-state index contributed by atoms with van der Waals surface area (Å²) >= 11 is 0.